The second kappa shape index (κ2) is 8.11. The van der Waals surface area contributed by atoms with Gasteiger partial charge in [-0.1, -0.05) is 11.8 Å². The fraction of sp³-hybridized carbons (Fsp3) is 0.214. The normalized spacial score (nSPS) is 18.6. The third-order valence-corrected chi connectivity index (χ3v) is 3.95. The number of nitrogens with two attached hydrogens (primary N) is 1. The highest BCUT2D eigenvalue weighted by Gasteiger charge is 2.32. The average Bonchev–Trinajstić information content (AvgIpc) is 2.87. The lowest BCUT2D eigenvalue weighted by Crippen LogP contribution is -2.37. The highest BCUT2D eigenvalue weighted by molar-refractivity contribution is 8.15. The highest BCUT2D eigenvalue weighted by Crippen LogP contribution is 2.22. The molecule has 1 aromatic rings. The summed E-state index contributed by atoms with van der Waals surface area (Å²) in [7, 11) is 1.58. The van der Waals surface area contributed by atoms with Gasteiger partial charge >= 0.3 is 6.03 Å². The molecule has 0 bridgehead atoms. The van der Waals surface area contributed by atoms with Gasteiger partial charge in [0.2, 0.25) is 11.8 Å². The molecule has 1 saturated heterocycles. The summed E-state index contributed by atoms with van der Waals surface area (Å²) < 4.78 is 5.05. The number of ether oxygens (including phenoxy) is 1. The van der Waals surface area contributed by atoms with Gasteiger partial charge in [-0.3, -0.25) is 14.9 Å². The SMILES string of the molecule is COc1ccc(/C=N\N=C2\NC(=O)[C@@H](CC(=O)NC(N)=O)S2)cc1. The first-order valence-corrected chi connectivity index (χ1v) is 7.68. The maximum atomic E-state index is 11.7. The molecule has 0 radical (unpaired) electrons. The number of benzene rings is 1. The van der Waals surface area contributed by atoms with Crippen molar-refractivity contribution in [3.63, 3.8) is 0 Å². The Morgan fingerprint density at radius 3 is 2.75 bits per heavy atom. The van der Waals surface area contributed by atoms with E-state index < -0.39 is 17.2 Å². The number of carbonyl (C=O) groups is 3. The summed E-state index contributed by atoms with van der Waals surface area (Å²) in [6.07, 6.45) is 1.34. The molecule has 1 aromatic carbocycles. The van der Waals surface area contributed by atoms with Crippen molar-refractivity contribution < 1.29 is 19.1 Å². The number of hydrogen-bond donors (Lipinski definition) is 3. The van der Waals surface area contributed by atoms with Gasteiger partial charge < -0.3 is 15.8 Å². The Morgan fingerprint density at radius 1 is 1.42 bits per heavy atom. The average molecular weight is 349 g/mol. The molecule has 24 heavy (non-hydrogen) atoms. The number of thioether (sulfide) groups is 1. The zero-order valence-electron chi connectivity index (χ0n) is 12.7. The van der Waals surface area contributed by atoms with E-state index in [1.54, 1.807) is 31.4 Å². The molecule has 1 atom stereocenters. The predicted molar refractivity (Wildman–Crippen MR) is 89.9 cm³/mol. The molecule has 1 heterocycles. The van der Waals surface area contributed by atoms with E-state index in [4.69, 9.17) is 10.5 Å². The molecular weight excluding hydrogens is 334 g/mol. The number of nitrogens with zero attached hydrogens (tertiary/aromatic N) is 2. The Balaban J connectivity index is 1.91. The van der Waals surface area contributed by atoms with Crippen molar-refractivity contribution in [3.05, 3.63) is 29.8 Å². The van der Waals surface area contributed by atoms with Crippen LogP contribution < -0.4 is 21.1 Å². The maximum absolute atomic E-state index is 11.7. The number of hydrogen-bond acceptors (Lipinski definition) is 7. The van der Waals surface area contributed by atoms with Crippen LogP contribution in [0.1, 0.15) is 12.0 Å². The van der Waals surface area contributed by atoms with Gasteiger partial charge in [0.15, 0.2) is 5.17 Å². The fourth-order valence-electron chi connectivity index (χ4n) is 1.78. The van der Waals surface area contributed by atoms with E-state index in [-0.39, 0.29) is 17.5 Å². The van der Waals surface area contributed by atoms with Crippen molar-refractivity contribution >= 4 is 41.0 Å². The standard InChI is InChI=1S/C14H15N5O4S/c1-23-9-4-2-8(3-5-9)7-16-19-14-18-12(21)10(24-14)6-11(20)17-13(15)22/h2-5,7,10H,6H2,1H3,(H,18,19,21)(H3,15,17,20,22)/b16-7-/t10-/m1/s1. The lowest BCUT2D eigenvalue weighted by atomic mass is 10.2. The lowest BCUT2D eigenvalue weighted by molar-refractivity contribution is -0.124. The number of nitrogens with one attached hydrogen (secondary N) is 2. The molecule has 126 valence electrons. The van der Waals surface area contributed by atoms with E-state index in [1.165, 1.54) is 6.21 Å². The Hall–Kier alpha value is -2.88. The largest absolute Gasteiger partial charge is 0.497 e. The Labute approximate surface area is 141 Å². The highest BCUT2D eigenvalue weighted by atomic mass is 32.2. The van der Waals surface area contributed by atoms with Gasteiger partial charge in [0, 0.05) is 6.42 Å². The zero-order chi connectivity index (χ0) is 17.5. The van der Waals surface area contributed by atoms with E-state index in [0.29, 0.717) is 0 Å². The molecule has 0 saturated carbocycles. The third-order valence-electron chi connectivity index (χ3n) is 2.88. The van der Waals surface area contributed by atoms with Crippen LogP contribution in [0.25, 0.3) is 0 Å². The van der Waals surface area contributed by atoms with Gasteiger partial charge in [0.25, 0.3) is 0 Å². The van der Waals surface area contributed by atoms with Crippen LogP contribution in [0.5, 0.6) is 5.75 Å². The molecule has 4 amide bonds. The quantitative estimate of drug-likeness (QED) is 0.515. The maximum Gasteiger partial charge on any atom is 0.318 e. The number of urea groups is 1. The van der Waals surface area contributed by atoms with Crippen molar-refractivity contribution in [1.82, 2.24) is 10.6 Å². The molecule has 9 nitrogen and oxygen atoms in total. The van der Waals surface area contributed by atoms with Gasteiger partial charge in [-0.15, -0.1) is 5.10 Å². The van der Waals surface area contributed by atoms with Gasteiger partial charge in [-0.2, -0.15) is 5.10 Å². The third kappa shape index (κ3) is 5.09. The van der Waals surface area contributed by atoms with Crippen molar-refractivity contribution in [2.45, 2.75) is 11.7 Å². The molecule has 4 N–H and O–H groups in total. The first kappa shape index (κ1) is 17.5. The van der Waals surface area contributed by atoms with E-state index >= 15 is 0 Å². The minimum Gasteiger partial charge on any atom is -0.497 e. The number of methoxy groups -OCH3 is 1. The molecule has 1 aliphatic heterocycles. The molecule has 1 aliphatic rings. The van der Waals surface area contributed by atoms with E-state index in [1.807, 2.05) is 5.32 Å². The molecule has 2 rings (SSSR count). The number of primary amides is 1. The minimum absolute atomic E-state index is 0.180. The van der Waals surface area contributed by atoms with Crippen LogP contribution in [0.3, 0.4) is 0 Å². The summed E-state index contributed by atoms with van der Waals surface area (Å²) in [6, 6.07) is 6.23. The smallest absolute Gasteiger partial charge is 0.318 e. The molecule has 1 fully saturated rings. The van der Waals surface area contributed by atoms with Gasteiger partial charge in [-0.25, -0.2) is 4.79 Å². The Bertz CT molecular complexity index is 702. The monoisotopic (exact) mass is 349 g/mol. The van der Waals surface area contributed by atoms with Crippen LogP contribution in [-0.4, -0.2) is 41.6 Å². The predicted octanol–water partition coefficient (Wildman–Crippen LogP) is 0.202. The summed E-state index contributed by atoms with van der Waals surface area (Å²) in [5.74, 6) is -0.273. The second-order valence-corrected chi connectivity index (χ2v) is 5.83. The summed E-state index contributed by atoms with van der Waals surface area (Å²) in [6.45, 7) is 0. The number of carbonyl (C=O) groups excluding carboxylic acids is 3. The van der Waals surface area contributed by atoms with E-state index in [9.17, 15) is 14.4 Å². The fourth-order valence-corrected chi connectivity index (χ4v) is 2.71. The summed E-state index contributed by atoms with van der Waals surface area (Å²) in [4.78, 5) is 33.7. The minimum atomic E-state index is -0.957. The molecule has 0 unspecified atom stereocenters. The van der Waals surface area contributed by atoms with Gasteiger partial charge in [0.1, 0.15) is 11.0 Å². The van der Waals surface area contributed by atoms with Crippen molar-refractivity contribution in [2.24, 2.45) is 15.9 Å². The van der Waals surface area contributed by atoms with Crippen LogP contribution in [0.4, 0.5) is 4.79 Å². The van der Waals surface area contributed by atoms with Crippen molar-refractivity contribution in [2.75, 3.05) is 7.11 Å². The molecule has 10 heteroatoms. The Kier molecular flexibility index (Phi) is 5.90. The molecule has 0 spiro atoms. The van der Waals surface area contributed by atoms with Crippen molar-refractivity contribution in [1.29, 1.82) is 0 Å². The summed E-state index contributed by atoms with van der Waals surface area (Å²) >= 11 is 1.06. The number of rotatable bonds is 5. The first-order chi connectivity index (χ1) is 11.5. The van der Waals surface area contributed by atoms with Crippen LogP contribution in [-0.2, 0) is 9.59 Å². The van der Waals surface area contributed by atoms with Gasteiger partial charge in [-0.05, 0) is 29.8 Å². The molecule has 0 aromatic heterocycles. The number of amidine groups is 1. The topological polar surface area (TPSA) is 135 Å². The zero-order valence-corrected chi connectivity index (χ0v) is 13.5. The van der Waals surface area contributed by atoms with E-state index in [2.05, 4.69) is 15.5 Å². The van der Waals surface area contributed by atoms with Crippen LogP contribution in [0.15, 0.2) is 34.5 Å². The van der Waals surface area contributed by atoms with Gasteiger partial charge in [0.05, 0.1) is 13.3 Å². The summed E-state index contributed by atoms with van der Waals surface area (Å²) in [5.41, 5.74) is 5.65. The van der Waals surface area contributed by atoms with E-state index in [0.717, 1.165) is 23.1 Å². The van der Waals surface area contributed by atoms with Crippen LogP contribution in [0, 0.1) is 0 Å². The second-order valence-electron chi connectivity index (χ2n) is 4.64. The van der Waals surface area contributed by atoms with Crippen LogP contribution in [0.2, 0.25) is 0 Å². The molecule has 0 aliphatic carbocycles. The number of imide groups is 1. The van der Waals surface area contributed by atoms with Crippen molar-refractivity contribution in [3.8, 4) is 5.75 Å². The van der Waals surface area contributed by atoms with Crippen LogP contribution >= 0.6 is 11.8 Å². The summed E-state index contributed by atoms with van der Waals surface area (Å²) in [5, 5.41) is 11.8. The number of amides is 4. The molecular formula is C14H15N5O4S. The lowest BCUT2D eigenvalue weighted by Gasteiger charge is -2.03. The Morgan fingerprint density at radius 2 is 2.12 bits per heavy atom. The first-order valence-electron chi connectivity index (χ1n) is 6.80.